The Morgan fingerprint density at radius 3 is 2.51 bits per heavy atom. The van der Waals surface area contributed by atoms with Crippen LogP contribution in [0.1, 0.15) is 39.4 Å². The zero-order chi connectivity index (χ0) is 24.8. The number of carbonyl (C=O) groups is 2. The maximum atomic E-state index is 13.9. The Labute approximate surface area is 205 Å². The van der Waals surface area contributed by atoms with Crippen LogP contribution in [-0.2, 0) is 11.2 Å². The summed E-state index contributed by atoms with van der Waals surface area (Å²) in [5.41, 5.74) is 3.13. The number of para-hydroxylation sites is 1. The van der Waals surface area contributed by atoms with Crippen LogP contribution in [0.15, 0.2) is 72.8 Å². The Morgan fingerprint density at radius 2 is 1.77 bits per heavy atom. The second-order valence-corrected chi connectivity index (χ2v) is 9.07. The summed E-state index contributed by atoms with van der Waals surface area (Å²) in [7, 11) is 1.63. The molecule has 0 bridgehead atoms. The Hall–Kier alpha value is -3.67. The van der Waals surface area contributed by atoms with E-state index in [-0.39, 0.29) is 29.5 Å². The molecule has 182 valence electrons. The number of ether oxygens (including phenoxy) is 1. The third-order valence-electron chi connectivity index (χ3n) is 6.67. The van der Waals surface area contributed by atoms with Gasteiger partial charge in [0, 0.05) is 31.1 Å². The third kappa shape index (κ3) is 5.88. The fourth-order valence-corrected chi connectivity index (χ4v) is 4.76. The van der Waals surface area contributed by atoms with E-state index in [0.29, 0.717) is 43.6 Å². The second-order valence-electron chi connectivity index (χ2n) is 9.07. The van der Waals surface area contributed by atoms with Crippen molar-refractivity contribution in [3.8, 4) is 5.75 Å². The van der Waals surface area contributed by atoms with Crippen molar-refractivity contribution < 1.29 is 18.7 Å². The van der Waals surface area contributed by atoms with E-state index in [9.17, 15) is 14.0 Å². The first kappa shape index (κ1) is 24.5. The number of amides is 2. The van der Waals surface area contributed by atoms with Gasteiger partial charge >= 0.3 is 0 Å². The van der Waals surface area contributed by atoms with E-state index in [2.05, 4.69) is 5.32 Å². The predicted molar refractivity (Wildman–Crippen MR) is 134 cm³/mol. The van der Waals surface area contributed by atoms with E-state index < -0.39 is 0 Å². The smallest absolute Gasteiger partial charge is 0.253 e. The van der Waals surface area contributed by atoms with E-state index in [0.717, 1.165) is 16.9 Å². The molecule has 1 aliphatic rings. The molecule has 4 rings (SSSR count). The average molecular weight is 475 g/mol. The normalized spacial score (nSPS) is 17.6. The van der Waals surface area contributed by atoms with Crippen LogP contribution in [0.3, 0.4) is 0 Å². The van der Waals surface area contributed by atoms with Gasteiger partial charge < -0.3 is 15.0 Å². The summed E-state index contributed by atoms with van der Waals surface area (Å²) in [4.78, 5) is 28.2. The fraction of sp³-hybridized carbons (Fsp3) is 0.310. The average Bonchev–Trinajstić information content (AvgIpc) is 2.90. The molecular weight excluding hydrogens is 443 g/mol. The lowest BCUT2D eigenvalue weighted by molar-refractivity contribution is -0.126. The van der Waals surface area contributed by atoms with Crippen LogP contribution in [0.2, 0.25) is 0 Å². The predicted octanol–water partition coefficient (Wildman–Crippen LogP) is 4.75. The maximum Gasteiger partial charge on any atom is 0.253 e. The van der Waals surface area contributed by atoms with Gasteiger partial charge in [0.1, 0.15) is 11.6 Å². The molecule has 0 spiro atoms. The van der Waals surface area contributed by atoms with Gasteiger partial charge in [0.15, 0.2) is 0 Å². The molecule has 1 N–H and O–H groups in total. The zero-order valence-corrected chi connectivity index (χ0v) is 20.2. The number of hydrogen-bond acceptors (Lipinski definition) is 3. The molecule has 3 aromatic carbocycles. The van der Waals surface area contributed by atoms with Gasteiger partial charge in [-0.15, -0.1) is 0 Å². The summed E-state index contributed by atoms with van der Waals surface area (Å²) in [6.45, 7) is 3.05. The number of methoxy groups -OCH3 is 1. The summed E-state index contributed by atoms with van der Waals surface area (Å²) in [6, 6.07) is 21.9. The first-order chi connectivity index (χ1) is 17.0. The number of piperidine rings is 1. The van der Waals surface area contributed by atoms with Gasteiger partial charge in [-0.1, -0.05) is 48.5 Å². The Balaban J connectivity index is 1.49. The lowest BCUT2D eigenvalue weighted by Crippen LogP contribution is -2.48. The van der Waals surface area contributed by atoms with Gasteiger partial charge in [-0.25, -0.2) is 4.39 Å². The largest absolute Gasteiger partial charge is 0.496 e. The lowest BCUT2D eigenvalue weighted by atomic mass is 9.83. The van der Waals surface area contributed by atoms with Crippen LogP contribution in [0, 0.1) is 18.7 Å². The van der Waals surface area contributed by atoms with E-state index >= 15 is 0 Å². The number of benzene rings is 3. The molecule has 1 fully saturated rings. The van der Waals surface area contributed by atoms with Gasteiger partial charge in [0.25, 0.3) is 5.91 Å². The molecule has 1 heterocycles. The number of carbonyl (C=O) groups excluding carboxylic acids is 2. The van der Waals surface area contributed by atoms with Crippen LogP contribution in [-0.4, -0.2) is 43.5 Å². The van der Waals surface area contributed by atoms with Crippen molar-refractivity contribution >= 4 is 11.8 Å². The highest BCUT2D eigenvalue weighted by molar-refractivity contribution is 5.94. The molecule has 0 aromatic heterocycles. The van der Waals surface area contributed by atoms with Crippen molar-refractivity contribution in [3.05, 3.63) is 101 Å². The Morgan fingerprint density at radius 1 is 1.03 bits per heavy atom. The zero-order valence-electron chi connectivity index (χ0n) is 20.2. The Kier molecular flexibility index (Phi) is 7.80. The van der Waals surface area contributed by atoms with Crippen LogP contribution >= 0.6 is 0 Å². The molecule has 2 unspecified atom stereocenters. The summed E-state index contributed by atoms with van der Waals surface area (Å²) >= 11 is 0. The quantitative estimate of drug-likeness (QED) is 0.538. The molecule has 0 radical (unpaired) electrons. The summed E-state index contributed by atoms with van der Waals surface area (Å²) < 4.78 is 19.3. The third-order valence-corrected chi connectivity index (χ3v) is 6.67. The number of halogens is 1. The second kappa shape index (κ2) is 11.2. The molecule has 5 nitrogen and oxygen atoms in total. The van der Waals surface area contributed by atoms with Crippen molar-refractivity contribution in [1.29, 1.82) is 0 Å². The number of nitrogens with zero attached hydrogens (tertiary/aromatic N) is 1. The van der Waals surface area contributed by atoms with Gasteiger partial charge in [0.2, 0.25) is 5.91 Å². The lowest BCUT2D eigenvalue weighted by Gasteiger charge is -2.37. The molecule has 3 aromatic rings. The van der Waals surface area contributed by atoms with Crippen molar-refractivity contribution in [3.63, 3.8) is 0 Å². The molecule has 35 heavy (non-hydrogen) atoms. The minimum atomic E-state index is -0.357. The van der Waals surface area contributed by atoms with Crippen LogP contribution in [0.4, 0.5) is 4.39 Å². The first-order valence-electron chi connectivity index (χ1n) is 12.0. The van der Waals surface area contributed by atoms with Crippen LogP contribution < -0.4 is 10.1 Å². The molecule has 2 amide bonds. The molecule has 2 atom stereocenters. The van der Waals surface area contributed by atoms with Crippen LogP contribution in [0.25, 0.3) is 0 Å². The molecular formula is C29H31FN2O3. The fourth-order valence-electron chi connectivity index (χ4n) is 4.76. The first-order valence-corrected chi connectivity index (χ1v) is 12.0. The van der Waals surface area contributed by atoms with Gasteiger partial charge in [-0.2, -0.15) is 0 Å². The maximum absolute atomic E-state index is 13.9. The van der Waals surface area contributed by atoms with Crippen molar-refractivity contribution in [2.24, 2.45) is 5.92 Å². The summed E-state index contributed by atoms with van der Waals surface area (Å²) in [5, 5.41) is 3.05. The van der Waals surface area contributed by atoms with Crippen molar-refractivity contribution in [2.45, 2.75) is 25.7 Å². The minimum absolute atomic E-state index is 0.0549. The van der Waals surface area contributed by atoms with Crippen molar-refractivity contribution in [1.82, 2.24) is 10.2 Å². The molecule has 0 saturated carbocycles. The number of hydrogen-bond donors (Lipinski definition) is 1. The molecule has 1 aliphatic heterocycles. The van der Waals surface area contributed by atoms with E-state index in [4.69, 9.17) is 4.74 Å². The number of likely N-dealkylation sites (tertiary alicyclic amines) is 1. The topological polar surface area (TPSA) is 58.6 Å². The van der Waals surface area contributed by atoms with Gasteiger partial charge in [-0.3, -0.25) is 9.59 Å². The molecule has 6 heteroatoms. The number of rotatable bonds is 7. The highest BCUT2D eigenvalue weighted by Gasteiger charge is 2.35. The minimum Gasteiger partial charge on any atom is -0.496 e. The van der Waals surface area contributed by atoms with E-state index in [1.165, 1.54) is 6.07 Å². The van der Waals surface area contributed by atoms with Gasteiger partial charge in [0.05, 0.1) is 13.0 Å². The Bertz CT molecular complexity index is 1180. The van der Waals surface area contributed by atoms with Crippen LogP contribution in [0.5, 0.6) is 5.75 Å². The van der Waals surface area contributed by atoms with Gasteiger partial charge in [-0.05, 0) is 60.7 Å². The molecule has 1 saturated heterocycles. The van der Waals surface area contributed by atoms with E-state index in [1.807, 2.05) is 48.5 Å². The summed E-state index contributed by atoms with van der Waals surface area (Å²) in [5.74, 6) is -0.0430. The standard InChI is InChI=1S/C29H31FN2O3/c1-20-16-23(12-13-26(20)30)24-17-25(19-32(18-24)29(34)22-9-4-3-5-10-22)28(33)31-15-14-21-8-6-7-11-27(21)35-2/h3-13,16,24-25H,14-15,17-19H2,1-2H3,(H,31,33). The monoisotopic (exact) mass is 474 g/mol. The highest BCUT2D eigenvalue weighted by Crippen LogP contribution is 2.32. The highest BCUT2D eigenvalue weighted by atomic mass is 19.1. The van der Waals surface area contributed by atoms with E-state index in [1.54, 1.807) is 37.1 Å². The SMILES string of the molecule is COc1ccccc1CCNC(=O)C1CC(c2ccc(F)c(C)c2)CN(C(=O)c2ccccc2)C1. The number of aryl methyl sites for hydroxylation is 1. The molecule has 0 aliphatic carbocycles. The van der Waals surface area contributed by atoms with Crippen molar-refractivity contribution in [2.75, 3.05) is 26.7 Å². The summed E-state index contributed by atoms with van der Waals surface area (Å²) in [6.07, 6.45) is 1.25. The number of nitrogens with one attached hydrogen (secondary N) is 1.